The van der Waals surface area contributed by atoms with Gasteiger partial charge in [-0.3, -0.25) is 9.36 Å². The predicted octanol–water partition coefficient (Wildman–Crippen LogP) is 3.65. The maximum atomic E-state index is 14.0. The lowest BCUT2D eigenvalue weighted by molar-refractivity contribution is -0.133. The van der Waals surface area contributed by atoms with Crippen LogP contribution in [0.2, 0.25) is 0 Å². The number of fused-ring (bicyclic) bond motifs is 1. The number of alkyl halides is 2. The number of morpholine rings is 1. The normalized spacial score (nSPS) is 20.6. The molecule has 0 bridgehead atoms. The summed E-state index contributed by atoms with van der Waals surface area (Å²) in [7, 11) is 3.57. The lowest BCUT2D eigenvalue weighted by Gasteiger charge is -2.31. The van der Waals surface area contributed by atoms with E-state index in [0.717, 1.165) is 25.7 Å². The smallest absolute Gasteiger partial charge is 0.296 e. The van der Waals surface area contributed by atoms with E-state index in [9.17, 15) is 13.6 Å². The summed E-state index contributed by atoms with van der Waals surface area (Å²) < 4.78 is 35.0. The molecule has 0 radical (unpaired) electrons. The highest BCUT2D eigenvalue weighted by Crippen LogP contribution is 2.31. The standard InChI is InChI=1S/C25H31F2N7O2/c1-32(2)24(35)16-7-9-17(10-8-16)28-25-30-20(33-11-13-36-14-12-33)15-21(31-25)34-19-6-4-3-5-18(19)29-23(34)22(26)27/h3-6,15-17,22H,7-14H2,1-2H3,(H,28,30,31)/t16-,17-. The maximum absolute atomic E-state index is 14.0. The molecule has 0 atom stereocenters. The van der Waals surface area contributed by atoms with E-state index in [1.165, 1.54) is 4.57 Å². The van der Waals surface area contributed by atoms with Crippen LogP contribution in [0.25, 0.3) is 16.9 Å². The molecule has 9 nitrogen and oxygen atoms in total. The van der Waals surface area contributed by atoms with Gasteiger partial charge in [-0.1, -0.05) is 12.1 Å². The van der Waals surface area contributed by atoms with Gasteiger partial charge in [-0.05, 0) is 37.8 Å². The number of para-hydroxylation sites is 2. The summed E-state index contributed by atoms with van der Waals surface area (Å²) in [6.07, 6.45) is 0.418. The van der Waals surface area contributed by atoms with Gasteiger partial charge in [-0.25, -0.2) is 13.8 Å². The number of hydrogen-bond acceptors (Lipinski definition) is 7. The lowest BCUT2D eigenvalue weighted by Crippen LogP contribution is -2.37. The summed E-state index contributed by atoms with van der Waals surface area (Å²) in [4.78, 5) is 29.7. The van der Waals surface area contributed by atoms with Crippen molar-refractivity contribution in [3.05, 3.63) is 36.2 Å². The second kappa shape index (κ2) is 10.3. The molecule has 2 aliphatic rings. The molecule has 192 valence electrons. The van der Waals surface area contributed by atoms with E-state index in [-0.39, 0.29) is 23.7 Å². The van der Waals surface area contributed by atoms with Crippen molar-refractivity contribution in [3.8, 4) is 5.82 Å². The SMILES string of the molecule is CN(C)C(=O)[C@H]1CC[C@H](Nc2nc(N3CCOCC3)cc(-n3c(C(F)F)nc4ccccc43)n2)CC1. The second-order valence-corrected chi connectivity index (χ2v) is 9.53. The van der Waals surface area contributed by atoms with Crippen LogP contribution in [0.5, 0.6) is 0 Å². The van der Waals surface area contributed by atoms with Gasteiger partial charge in [0.1, 0.15) is 11.6 Å². The van der Waals surface area contributed by atoms with Gasteiger partial charge in [0.2, 0.25) is 11.9 Å². The Kier molecular flexibility index (Phi) is 6.99. The molecule has 3 aromatic rings. The zero-order chi connectivity index (χ0) is 25.2. The van der Waals surface area contributed by atoms with Gasteiger partial charge in [-0.2, -0.15) is 9.97 Å². The number of carbonyl (C=O) groups is 1. The summed E-state index contributed by atoms with van der Waals surface area (Å²) in [6, 6.07) is 8.89. The van der Waals surface area contributed by atoms with Crippen LogP contribution >= 0.6 is 0 Å². The van der Waals surface area contributed by atoms with Crippen LogP contribution in [0, 0.1) is 5.92 Å². The molecule has 1 aliphatic heterocycles. The molecule has 1 saturated carbocycles. The van der Waals surface area contributed by atoms with Gasteiger partial charge in [0.25, 0.3) is 6.43 Å². The number of ether oxygens (including phenoxy) is 1. The number of nitrogens with one attached hydrogen (secondary N) is 1. The zero-order valence-corrected chi connectivity index (χ0v) is 20.5. The van der Waals surface area contributed by atoms with Gasteiger partial charge in [0.05, 0.1) is 24.2 Å². The summed E-state index contributed by atoms with van der Waals surface area (Å²) >= 11 is 0. The molecule has 0 unspecified atom stereocenters. The molecule has 2 aromatic heterocycles. The summed E-state index contributed by atoms with van der Waals surface area (Å²) in [5.74, 6) is 1.22. The molecule has 36 heavy (non-hydrogen) atoms. The van der Waals surface area contributed by atoms with Crippen molar-refractivity contribution in [1.82, 2.24) is 24.4 Å². The van der Waals surface area contributed by atoms with E-state index >= 15 is 0 Å². The van der Waals surface area contributed by atoms with Gasteiger partial charge >= 0.3 is 0 Å². The minimum Gasteiger partial charge on any atom is -0.378 e. The molecule has 2 fully saturated rings. The third kappa shape index (κ3) is 4.97. The van der Waals surface area contributed by atoms with Crippen LogP contribution < -0.4 is 10.2 Å². The molecule has 11 heteroatoms. The van der Waals surface area contributed by atoms with E-state index in [1.54, 1.807) is 49.3 Å². The van der Waals surface area contributed by atoms with Crippen molar-refractivity contribution in [2.75, 3.05) is 50.6 Å². The maximum Gasteiger partial charge on any atom is 0.296 e. The first-order valence-corrected chi connectivity index (χ1v) is 12.4. The average Bonchev–Trinajstić information content (AvgIpc) is 3.29. The zero-order valence-electron chi connectivity index (χ0n) is 20.5. The number of rotatable bonds is 6. The van der Waals surface area contributed by atoms with Crippen LogP contribution in [-0.4, -0.2) is 76.8 Å². The van der Waals surface area contributed by atoms with Crippen molar-refractivity contribution in [1.29, 1.82) is 0 Å². The highest BCUT2D eigenvalue weighted by Gasteiger charge is 2.28. The van der Waals surface area contributed by atoms with Crippen molar-refractivity contribution in [2.45, 2.75) is 38.2 Å². The van der Waals surface area contributed by atoms with E-state index in [0.29, 0.717) is 54.9 Å². The van der Waals surface area contributed by atoms with Crippen LogP contribution in [0.4, 0.5) is 20.5 Å². The molecule has 1 aliphatic carbocycles. The molecular formula is C25H31F2N7O2. The fourth-order valence-electron chi connectivity index (χ4n) is 5.02. The molecule has 1 N–H and O–H groups in total. The molecule has 1 saturated heterocycles. The lowest BCUT2D eigenvalue weighted by atomic mass is 9.85. The van der Waals surface area contributed by atoms with E-state index < -0.39 is 6.43 Å². The Morgan fingerprint density at radius 2 is 1.75 bits per heavy atom. The first-order valence-electron chi connectivity index (χ1n) is 12.4. The molecular weight excluding hydrogens is 468 g/mol. The number of carbonyl (C=O) groups excluding carboxylic acids is 1. The van der Waals surface area contributed by atoms with Gasteiger partial charge in [0, 0.05) is 45.2 Å². The van der Waals surface area contributed by atoms with E-state index in [4.69, 9.17) is 9.72 Å². The van der Waals surface area contributed by atoms with Gasteiger partial charge in [0.15, 0.2) is 5.82 Å². The van der Waals surface area contributed by atoms with Gasteiger partial charge < -0.3 is 19.9 Å². The topological polar surface area (TPSA) is 88.4 Å². The fourth-order valence-corrected chi connectivity index (χ4v) is 5.02. The van der Waals surface area contributed by atoms with E-state index in [1.807, 2.05) is 0 Å². The molecule has 5 rings (SSSR count). The van der Waals surface area contributed by atoms with E-state index in [2.05, 4.69) is 20.2 Å². The molecule has 0 spiro atoms. The third-order valence-corrected chi connectivity index (χ3v) is 6.90. The van der Waals surface area contributed by atoms with Crippen molar-refractivity contribution < 1.29 is 18.3 Å². The van der Waals surface area contributed by atoms with Crippen molar-refractivity contribution in [2.24, 2.45) is 5.92 Å². The quantitative estimate of drug-likeness (QED) is 0.554. The Morgan fingerprint density at radius 3 is 2.44 bits per heavy atom. The number of benzene rings is 1. The first-order chi connectivity index (χ1) is 17.4. The highest BCUT2D eigenvalue weighted by molar-refractivity contribution is 5.79. The number of aromatic nitrogens is 4. The average molecular weight is 500 g/mol. The second-order valence-electron chi connectivity index (χ2n) is 9.53. The number of halogens is 2. The minimum atomic E-state index is -2.76. The monoisotopic (exact) mass is 499 g/mol. The molecule has 1 aromatic carbocycles. The Bertz CT molecular complexity index is 1220. The Labute approximate surface area is 208 Å². The largest absolute Gasteiger partial charge is 0.378 e. The number of nitrogens with zero attached hydrogens (tertiary/aromatic N) is 6. The Morgan fingerprint density at radius 1 is 1.06 bits per heavy atom. The van der Waals surface area contributed by atoms with Crippen molar-refractivity contribution in [3.63, 3.8) is 0 Å². The number of anilines is 2. The van der Waals surface area contributed by atoms with Crippen LogP contribution in [0.1, 0.15) is 37.9 Å². The summed E-state index contributed by atoms with van der Waals surface area (Å²) in [5.41, 5.74) is 1.05. The van der Waals surface area contributed by atoms with Crippen molar-refractivity contribution >= 4 is 28.7 Å². The summed E-state index contributed by atoms with van der Waals surface area (Å²) in [5, 5.41) is 3.42. The number of amides is 1. The first kappa shape index (κ1) is 24.4. The molecule has 3 heterocycles. The number of hydrogen-bond donors (Lipinski definition) is 1. The van der Waals surface area contributed by atoms with Crippen LogP contribution in [-0.2, 0) is 9.53 Å². The number of imidazole rings is 1. The molecule has 1 amide bonds. The Hall–Kier alpha value is -3.34. The summed E-state index contributed by atoms with van der Waals surface area (Å²) in [6.45, 7) is 2.45. The minimum absolute atomic E-state index is 0.0279. The fraction of sp³-hybridized carbons (Fsp3) is 0.520. The van der Waals surface area contributed by atoms with Crippen LogP contribution in [0.15, 0.2) is 30.3 Å². The highest BCUT2D eigenvalue weighted by atomic mass is 19.3. The van der Waals surface area contributed by atoms with Crippen LogP contribution in [0.3, 0.4) is 0 Å². The Balaban J connectivity index is 1.48. The predicted molar refractivity (Wildman–Crippen MR) is 133 cm³/mol. The third-order valence-electron chi connectivity index (χ3n) is 6.90. The van der Waals surface area contributed by atoms with Gasteiger partial charge in [-0.15, -0.1) is 0 Å².